The molecule has 0 amide bonds. The zero-order valence-corrected chi connectivity index (χ0v) is 34.2. The molecule has 1 aromatic carbocycles. The minimum absolute atomic E-state index is 0. The Kier molecular flexibility index (Phi) is 10.2. The molecule has 0 spiro atoms. The first-order valence-corrected chi connectivity index (χ1v) is 20.4. The predicted molar refractivity (Wildman–Crippen MR) is 200 cm³/mol. The van der Waals surface area contributed by atoms with Gasteiger partial charge in [-0.15, -0.1) is 24.3 Å². The van der Waals surface area contributed by atoms with E-state index in [-0.39, 0.29) is 20.1 Å². The Labute approximate surface area is 310 Å². The van der Waals surface area contributed by atoms with Gasteiger partial charge in [-0.2, -0.15) is 0 Å². The van der Waals surface area contributed by atoms with Crippen molar-refractivity contribution in [3.8, 4) is 0 Å². The number of aromatic nitrogens is 4. The van der Waals surface area contributed by atoms with Crippen LogP contribution in [0, 0.1) is 53.4 Å². The third-order valence-corrected chi connectivity index (χ3v) is 14.8. The van der Waals surface area contributed by atoms with Crippen molar-refractivity contribution in [1.82, 2.24) is 18.8 Å². The maximum atomic E-state index is 6.03. The Morgan fingerprint density at radius 1 is 0.592 bits per heavy atom. The van der Waals surface area contributed by atoms with Crippen molar-refractivity contribution < 1.29 is 20.1 Å². The molecular formula is C44H63IrN4-. The van der Waals surface area contributed by atoms with Crippen LogP contribution in [-0.2, 0) is 20.1 Å². The summed E-state index contributed by atoms with van der Waals surface area (Å²) in [6.07, 6.45) is 15.9. The van der Waals surface area contributed by atoms with Crippen molar-refractivity contribution in [3.63, 3.8) is 0 Å². The first-order chi connectivity index (χ1) is 23.2. The van der Waals surface area contributed by atoms with Gasteiger partial charge in [0.05, 0.1) is 17.0 Å². The Balaban J connectivity index is 0.00000378. The third-order valence-electron chi connectivity index (χ3n) is 14.8. The van der Waals surface area contributed by atoms with Crippen LogP contribution in [-0.4, -0.2) is 18.8 Å². The van der Waals surface area contributed by atoms with Crippen LogP contribution in [0.3, 0.4) is 0 Å². The van der Waals surface area contributed by atoms with Crippen molar-refractivity contribution >= 4 is 22.3 Å². The predicted octanol–water partition coefficient (Wildman–Crippen LogP) is 12.1. The second-order valence-corrected chi connectivity index (χ2v) is 18.2. The topological polar surface area (TPSA) is 34.6 Å². The van der Waals surface area contributed by atoms with Crippen molar-refractivity contribution in [1.29, 1.82) is 0 Å². The van der Waals surface area contributed by atoms with Gasteiger partial charge in [-0.3, -0.25) is 4.98 Å². The molecule has 3 heterocycles. The Morgan fingerprint density at radius 3 is 1.69 bits per heavy atom. The number of imidazole rings is 2. The van der Waals surface area contributed by atoms with E-state index in [1.807, 2.05) is 0 Å². The van der Waals surface area contributed by atoms with Crippen LogP contribution in [0.15, 0.2) is 18.2 Å². The number of fused-ring (bicyclic) bond motifs is 6. The molecule has 1 radical (unpaired) electrons. The molecule has 269 valence electrons. The van der Waals surface area contributed by atoms with E-state index in [0.29, 0.717) is 65.1 Å². The second kappa shape index (κ2) is 14.0. The number of nitrogens with zero attached hydrogens (tertiary/aromatic N) is 4. The van der Waals surface area contributed by atoms with Crippen molar-refractivity contribution in [3.05, 3.63) is 47.0 Å². The molecule has 4 fully saturated rings. The van der Waals surface area contributed by atoms with Gasteiger partial charge in [-0.25, -0.2) is 4.98 Å². The van der Waals surface area contributed by atoms with E-state index in [4.69, 9.17) is 9.97 Å². The first-order valence-electron chi connectivity index (χ1n) is 20.4. The second-order valence-electron chi connectivity index (χ2n) is 18.2. The SMILES string of the molecule is CC1CCC(C)C(c2nc3c4[c-]cccc4n4c(C5C(C)CCCC5C)c(C5C(C)CCCC5C)nc4n3c2C2C(C)CCCC2C)C1.[Ir]. The van der Waals surface area contributed by atoms with Gasteiger partial charge in [0.15, 0.2) is 0 Å². The number of hydrogen-bond acceptors (Lipinski definition) is 2. The molecule has 5 heteroatoms. The molecule has 0 saturated heterocycles. The van der Waals surface area contributed by atoms with Crippen LogP contribution in [0.5, 0.6) is 0 Å². The minimum Gasteiger partial charge on any atom is -0.324 e. The van der Waals surface area contributed by atoms with E-state index in [9.17, 15) is 0 Å². The Hall–Kier alpha value is -1.71. The Morgan fingerprint density at radius 2 is 1.12 bits per heavy atom. The van der Waals surface area contributed by atoms with Gasteiger partial charge in [0.25, 0.3) is 0 Å². The number of rotatable bonds is 4. The zero-order chi connectivity index (χ0) is 33.4. The van der Waals surface area contributed by atoms with Gasteiger partial charge in [-0.05, 0) is 65.7 Å². The van der Waals surface area contributed by atoms with Gasteiger partial charge >= 0.3 is 0 Å². The van der Waals surface area contributed by atoms with Crippen LogP contribution >= 0.6 is 0 Å². The standard InChI is InChI=1S/C44H63N4.Ir/c1-25-22-23-26(2)34(24-25)39-41(37-29(5)16-12-17-30(37)6)48-43(45-39)33-20-9-10-21-35(33)47-42(38-31(7)18-13-19-32(38)8)40(46-44(47)48)36-27(3)14-11-15-28(36)4;/h9-10,21,25-32,34,36-38H,11-19,22-24H2,1-8H3;/q-1;. The van der Waals surface area contributed by atoms with E-state index in [2.05, 4.69) is 88.5 Å². The van der Waals surface area contributed by atoms with Gasteiger partial charge in [0.1, 0.15) is 0 Å². The molecule has 0 aliphatic heterocycles. The van der Waals surface area contributed by atoms with E-state index < -0.39 is 0 Å². The molecular weight excluding hydrogens is 777 g/mol. The summed E-state index contributed by atoms with van der Waals surface area (Å²) in [5.41, 5.74) is 8.31. The zero-order valence-electron chi connectivity index (χ0n) is 31.8. The smallest absolute Gasteiger partial charge is 0.203 e. The van der Waals surface area contributed by atoms with Crippen molar-refractivity contribution in [2.45, 2.75) is 156 Å². The quantitative estimate of drug-likeness (QED) is 0.192. The van der Waals surface area contributed by atoms with Crippen LogP contribution in [0.1, 0.15) is 179 Å². The van der Waals surface area contributed by atoms with Crippen molar-refractivity contribution in [2.24, 2.45) is 47.3 Å². The average molecular weight is 840 g/mol. The molecule has 49 heavy (non-hydrogen) atoms. The fourth-order valence-electron chi connectivity index (χ4n) is 12.2. The molecule has 4 nitrogen and oxygen atoms in total. The molecule has 4 aromatic rings. The first kappa shape index (κ1) is 35.7. The molecule has 4 saturated carbocycles. The summed E-state index contributed by atoms with van der Waals surface area (Å²) in [6, 6.07) is 10.5. The van der Waals surface area contributed by atoms with Crippen LogP contribution in [0.25, 0.3) is 22.3 Å². The maximum Gasteiger partial charge on any atom is 0.203 e. The van der Waals surface area contributed by atoms with Gasteiger partial charge < -0.3 is 8.80 Å². The fourth-order valence-corrected chi connectivity index (χ4v) is 12.2. The average Bonchev–Trinajstić information content (AvgIpc) is 3.62. The van der Waals surface area contributed by atoms with Crippen LogP contribution in [0.2, 0.25) is 0 Å². The van der Waals surface area contributed by atoms with E-state index >= 15 is 0 Å². The minimum atomic E-state index is 0. The van der Waals surface area contributed by atoms with Crippen LogP contribution in [0.4, 0.5) is 0 Å². The maximum absolute atomic E-state index is 6.03. The molecule has 3 aromatic heterocycles. The largest absolute Gasteiger partial charge is 0.324 e. The summed E-state index contributed by atoms with van der Waals surface area (Å²) in [5.74, 6) is 8.50. The normalized spacial score (nSPS) is 37.5. The van der Waals surface area contributed by atoms with Gasteiger partial charge in [-0.1, -0.05) is 125 Å². The molecule has 0 N–H and O–H groups in total. The van der Waals surface area contributed by atoms with E-state index in [1.165, 1.54) is 105 Å². The van der Waals surface area contributed by atoms with Gasteiger partial charge in [0, 0.05) is 55.2 Å². The number of hydrogen-bond donors (Lipinski definition) is 0. The summed E-state index contributed by atoms with van der Waals surface area (Å²) in [6.45, 7) is 20.2. The van der Waals surface area contributed by atoms with Gasteiger partial charge in [0.2, 0.25) is 5.78 Å². The molecule has 8 rings (SSSR count). The van der Waals surface area contributed by atoms with E-state index in [0.717, 1.165) is 17.3 Å². The fraction of sp³-hybridized carbons (Fsp3) is 0.727. The molecule has 4 aliphatic rings. The Bertz CT molecular complexity index is 1750. The summed E-state index contributed by atoms with van der Waals surface area (Å²) in [7, 11) is 0. The monoisotopic (exact) mass is 840 g/mol. The number of benzene rings is 1. The molecule has 4 aliphatic carbocycles. The van der Waals surface area contributed by atoms with Crippen LogP contribution < -0.4 is 0 Å². The van der Waals surface area contributed by atoms with Crippen molar-refractivity contribution in [2.75, 3.05) is 0 Å². The summed E-state index contributed by atoms with van der Waals surface area (Å²) >= 11 is 0. The molecule has 9 atom stereocenters. The third kappa shape index (κ3) is 5.88. The molecule has 9 unspecified atom stereocenters. The summed E-state index contributed by atoms with van der Waals surface area (Å²) < 4.78 is 5.36. The van der Waals surface area contributed by atoms with E-state index in [1.54, 1.807) is 5.69 Å². The summed E-state index contributed by atoms with van der Waals surface area (Å²) in [5, 5.41) is 1.19. The molecule has 0 bridgehead atoms. The summed E-state index contributed by atoms with van der Waals surface area (Å²) in [4.78, 5) is 11.9.